The molecule has 2 heterocycles. The number of nitrogens with zero attached hydrogens (tertiary/aromatic N) is 4. The molecule has 0 amide bonds. The van der Waals surface area contributed by atoms with Crippen molar-refractivity contribution >= 4 is 51.4 Å². The minimum absolute atomic E-state index is 0.255. The fourth-order valence-corrected chi connectivity index (χ4v) is 3.93. The van der Waals surface area contributed by atoms with Crippen molar-refractivity contribution < 1.29 is 8.78 Å². The predicted molar refractivity (Wildman–Crippen MR) is 103 cm³/mol. The summed E-state index contributed by atoms with van der Waals surface area (Å²) in [6.45, 7) is 0. The van der Waals surface area contributed by atoms with E-state index in [-0.39, 0.29) is 11.0 Å². The lowest BCUT2D eigenvalue weighted by molar-refractivity contribution is 0.510. The molecule has 2 aromatic heterocycles. The second-order valence-electron chi connectivity index (χ2n) is 5.42. The highest BCUT2D eigenvalue weighted by Gasteiger charge is 2.14. The Hall–Kier alpha value is -2.91. The van der Waals surface area contributed by atoms with Gasteiger partial charge in [-0.05, 0) is 23.4 Å². The van der Waals surface area contributed by atoms with E-state index in [0.29, 0.717) is 20.2 Å². The second-order valence-corrected chi connectivity index (χ2v) is 7.67. The summed E-state index contributed by atoms with van der Waals surface area (Å²) in [4.78, 5) is 8.88. The van der Waals surface area contributed by atoms with Crippen LogP contribution in [0.2, 0.25) is 0 Å². The Kier molecular flexibility index (Phi) is 4.78. The van der Waals surface area contributed by atoms with Crippen LogP contribution in [0.1, 0.15) is 11.3 Å². The standard InChI is InChI=1S/C18H11F2N5S2/c19-11-8-14-15(9-12(11)20)23-16(26-18-25-24-17(21)27-18)13(22-14)7-6-10-4-2-1-3-5-10/h1-9H,(H2,21,24)/b7-6+. The van der Waals surface area contributed by atoms with Gasteiger partial charge in [-0.2, -0.15) is 0 Å². The molecular weight excluding hydrogens is 388 g/mol. The molecule has 0 aliphatic carbocycles. The van der Waals surface area contributed by atoms with Crippen LogP contribution >= 0.6 is 23.1 Å². The van der Waals surface area contributed by atoms with Crippen LogP contribution in [0.15, 0.2) is 51.8 Å². The third-order valence-electron chi connectivity index (χ3n) is 3.54. The topological polar surface area (TPSA) is 77.6 Å². The summed E-state index contributed by atoms with van der Waals surface area (Å²) in [5.41, 5.74) is 7.63. The number of hydrogen-bond acceptors (Lipinski definition) is 7. The maximum Gasteiger partial charge on any atom is 0.203 e. The van der Waals surface area contributed by atoms with Gasteiger partial charge in [0, 0.05) is 12.1 Å². The van der Waals surface area contributed by atoms with E-state index in [2.05, 4.69) is 20.2 Å². The van der Waals surface area contributed by atoms with Crippen molar-refractivity contribution in [2.45, 2.75) is 9.37 Å². The predicted octanol–water partition coefficient (Wildman–Crippen LogP) is 4.66. The van der Waals surface area contributed by atoms with Crippen molar-refractivity contribution in [1.82, 2.24) is 20.2 Å². The summed E-state index contributed by atoms with van der Waals surface area (Å²) >= 11 is 2.43. The first kappa shape index (κ1) is 17.5. The molecule has 0 fully saturated rings. The van der Waals surface area contributed by atoms with Gasteiger partial charge in [-0.1, -0.05) is 47.7 Å². The number of aromatic nitrogens is 4. The van der Waals surface area contributed by atoms with Crippen LogP contribution in [0.4, 0.5) is 13.9 Å². The van der Waals surface area contributed by atoms with Gasteiger partial charge in [0.15, 0.2) is 16.0 Å². The van der Waals surface area contributed by atoms with Crippen molar-refractivity contribution in [1.29, 1.82) is 0 Å². The van der Waals surface area contributed by atoms with Gasteiger partial charge in [0.05, 0.1) is 16.7 Å². The Morgan fingerprint density at radius 3 is 2.30 bits per heavy atom. The van der Waals surface area contributed by atoms with Gasteiger partial charge in [0.2, 0.25) is 5.13 Å². The fraction of sp³-hybridized carbons (Fsp3) is 0. The first-order chi connectivity index (χ1) is 13.1. The third kappa shape index (κ3) is 3.93. The van der Waals surface area contributed by atoms with Gasteiger partial charge in [-0.25, -0.2) is 18.7 Å². The molecule has 0 saturated heterocycles. The summed E-state index contributed by atoms with van der Waals surface area (Å²) in [6, 6.07) is 11.7. The van der Waals surface area contributed by atoms with E-state index in [4.69, 9.17) is 5.73 Å². The molecule has 4 aromatic rings. The van der Waals surface area contributed by atoms with Crippen molar-refractivity contribution in [3.63, 3.8) is 0 Å². The maximum absolute atomic E-state index is 13.6. The molecule has 0 radical (unpaired) electrons. The SMILES string of the molecule is Nc1nnc(Sc2nc3cc(F)c(F)cc3nc2/C=C/c2ccccc2)s1. The van der Waals surface area contributed by atoms with Crippen LogP contribution in [-0.2, 0) is 0 Å². The Morgan fingerprint density at radius 2 is 1.63 bits per heavy atom. The van der Waals surface area contributed by atoms with E-state index in [1.165, 1.54) is 23.1 Å². The molecule has 134 valence electrons. The minimum atomic E-state index is -0.972. The Labute approximate surface area is 161 Å². The number of rotatable bonds is 4. The lowest BCUT2D eigenvalue weighted by Gasteiger charge is -2.06. The van der Waals surface area contributed by atoms with Crippen LogP contribution in [0.25, 0.3) is 23.2 Å². The molecular formula is C18H11F2N5S2. The van der Waals surface area contributed by atoms with Gasteiger partial charge < -0.3 is 5.73 Å². The molecule has 0 saturated carbocycles. The molecule has 5 nitrogen and oxygen atoms in total. The molecule has 4 rings (SSSR count). The molecule has 0 aliphatic heterocycles. The molecule has 0 atom stereocenters. The number of halogens is 2. The molecule has 2 aromatic carbocycles. The average Bonchev–Trinajstić information content (AvgIpc) is 3.07. The Morgan fingerprint density at radius 1 is 0.926 bits per heavy atom. The fourth-order valence-electron chi connectivity index (χ4n) is 2.32. The number of anilines is 1. The number of hydrogen-bond donors (Lipinski definition) is 1. The van der Waals surface area contributed by atoms with Crippen LogP contribution in [0.5, 0.6) is 0 Å². The monoisotopic (exact) mass is 399 g/mol. The molecule has 27 heavy (non-hydrogen) atoms. The summed E-state index contributed by atoms with van der Waals surface area (Å²) < 4.78 is 27.7. The molecule has 0 aliphatic rings. The highest BCUT2D eigenvalue weighted by molar-refractivity contribution is 8.01. The number of nitrogens with two attached hydrogens (primary N) is 1. The molecule has 0 spiro atoms. The van der Waals surface area contributed by atoms with Gasteiger partial charge in [-0.3, -0.25) is 0 Å². The van der Waals surface area contributed by atoms with Crippen LogP contribution in [0.3, 0.4) is 0 Å². The minimum Gasteiger partial charge on any atom is -0.374 e. The van der Waals surface area contributed by atoms with Gasteiger partial charge in [-0.15, -0.1) is 10.2 Å². The van der Waals surface area contributed by atoms with Gasteiger partial charge >= 0.3 is 0 Å². The Balaban J connectivity index is 1.81. The van der Waals surface area contributed by atoms with E-state index in [1.807, 2.05) is 36.4 Å². The second kappa shape index (κ2) is 7.37. The summed E-state index contributed by atoms with van der Waals surface area (Å²) in [5, 5.41) is 8.57. The van der Waals surface area contributed by atoms with Crippen LogP contribution < -0.4 is 5.73 Å². The summed E-state index contributed by atoms with van der Waals surface area (Å²) in [6.07, 6.45) is 3.64. The normalized spacial score (nSPS) is 11.5. The van der Waals surface area contributed by atoms with E-state index in [0.717, 1.165) is 17.7 Å². The lowest BCUT2D eigenvalue weighted by atomic mass is 10.2. The van der Waals surface area contributed by atoms with Gasteiger partial charge in [0.25, 0.3) is 0 Å². The van der Waals surface area contributed by atoms with Crippen molar-refractivity contribution in [3.8, 4) is 0 Å². The van der Waals surface area contributed by atoms with Crippen molar-refractivity contribution in [2.75, 3.05) is 5.73 Å². The first-order valence-corrected chi connectivity index (χ1v) is 9.38. The highest BCUT2D eigenvalue weighted by Crippen LogP contribution is 2.33. The van der Waals surface area contributed by atoms with Crippen molar-refractivity contribution in [3.05, 3.63) is 65.4 Å². The number of nitrogen functional groups attached to an aromatic ring is 1. The van der Waals surface area contributed by atoms with Crippen LogP contribution in [0, 0.1) is 11.6 Å². The lowest BCUT2D eigenvalue weighted by Crippen LogP contribution is -1.95. The van der Waals surface area contributed by atoms with Gasteiger partial charge in [0.1, 0.15) is 5.03 Å². The molecule has 9 heteroatoms. The zero-order valence-corrected chi connectivity index (χ0v) is 15.3. The molecule has 0 bridgehead atoms. The average molecular weight is 399 g/mol. The smallest absolute Gasteiger partial charge is 0.203 e. The van der Waals surface area contributed by atoms with Crippen molar-refractivity contribution in [2.24, 2.45) is 0 Å². The largest absolute Gasteiger partial charge is 0.374 e. The third-order valence-corrected chi connectivity index (χ3v) is 5.34. The molecule has 0 unspecified atom stereocenters. The zero-order chi connectivity index (χ0) is 18.8. The van der Waals surface area contributed by atoms with E-state index >= 15 is 0 Å². The van der Waals surface area contributed by atoms with E-state index < -0.39 is 11.6 Å². The highest BCUT2D eigenvalue weighted by atomic mass is 32.2. The zero-order valence-electron chi connectivity index (χ0n) is 13.6. The number of benzene rings is 2. The summed E-state index contributed by atoms with van der Waals surface area (Å²) in [7, 11) is 0. The summed E-state index contributed by atoms with van der Waals surface area (Å²) in [5.74, 6) is -1.94. The maximum atomic E-state index is 13.6. The molecule has 2 N–H and O–H groups in total. The quantitative estimate of drug-likeness (QED) is 0.538. The Bertz CT molecular complexity index is 1150. The van der Waals surface area contributed by atoms with Crippen LogP contribution in [-0.4, -0.2) is 20.2 Å². The first-order valence-electron chi connectivity index (χ1n) is 7.75. The van der Waals surface area contributed by atoms with E-state index in [9.17, 15) is 8.78 Å². The van der Waals surface area contributed by atoms with E-state index in [1.54, 1.807) is 6.08 Å². The number of fused-ring (bicyclic) bond motifs is 1.